The number of halogens is 1. The van der Waals surface area contributed by atoms with E-state index >= 15 is 0 Å². The Balaban J connectivity index is 2.49. The van der Waals surface area contributed by atoms with E-state index in [1.54, 1.807) is 17.1 Å². The topological polar surface area (TPSA) is 55.6 Å². The minimum atomic E-state index is 0.257. The van der Waals surface area contributed by atoms with Crippen LogP contribution in [-0.4, -0.2) is 26.8 Å². The molecular formula is C11H14ClN5. The molecule has 0 aromatic carbocycles. The lowest BCUT2D eigenvalue weighted by Crippen LogP contribution is -2.07. The molecule has 90 valence electrons. The molecule has 0 aliphatic carbocycles. The van der Waals surface area contributed by atoms with E-state index in [4.69, 9.17) is 11.6 Å². The molecule has 0 saturated heterocycles. The summed E-state index contributed by atoms with van der Waals surface area (Å²) < 4.78 is 1.64. The molecule has 0 fully saturated rings. The van der Waals surface area contributed by atoms with E-state index in [1.807, 2.05) is 13.1 Å². The highest BCUT2D eigenvalue weighted by molar-refractivity contribution is 6.30. The summed E-state index contributed by atoms with van der Waals surface area (Å²) in [7, 11) is 1.83. The van der Waals surface area contributed by atoms with E-state index in [0.29, 0.717) is 10.8 Å². The fourth-order valence-corrected chi connectivity index (χ4v) is 1.52. The SMILES string of the molecule is CNc1cc(-n2cc(Cl)cn2)nc(C(C)C)n1. The Morgan fingerprint density at radius 2 is 2.12 bits per heavy atom. The first-order valence-electron chi connectivity index (χ1n) is 5.37. The van der Waals surface area contributed by atoms with Gasteiger partial charge in [-0.1, -0.05) is 25.4 Å². The summed E-state index contributed by atoms with van der Waals surface area (Å²) in [4.78, 5) is 8.84. The molecule has 0 bridgehead atoms. The van der Waals surface area contributed by atoms with Crippen LogP contribution in [0.25, 0.3) is 5.82 Å². The molecule has 0 radical (unpaired) electrons. The number of nitrogens with zero attached hydrogens (tertiary/aromatic N) is 4. The highest BCUT2D eigenvalue weighted by Crippen LogP contribution is 2.17. The van der Waals surface area contributed by atoms with Crippen LogP contribution in [0.2, 0.25) is 5.02 Å². The van der Waals surface area contributed by atoms with Crippen LogP contribution in [0.1, 0.15) is 25.6 Å². The van der Waals surface area contributed by atoms with Crippen molar-refractivity contribution in [1.82, 2.24) is 19.7 Å². The van der Waals surface area contributed by atoms with Gasteiger partial charge in [0.15, 0.2) is 5.82 Å². The maximum Gasteiger partial charge on any atom is 0.159 e. The highest BCUT2D eigenvalue weighted by Gasteiger charge is 2.09. The maximum atomic E-state index is 5.84. The molecule has 2 heterocycles. The Morgan fingerprint density at radius 3 is 2.65 bits per heavy atom. The zero-order valence-electron chi connectivity index (χ0n) is 9.98. The fourth-order valence-electron chi connectivity index (χ4n) is 1.38. The van der Waals surface area contributed by atoms with Crippen molar-refractivity contribution in [3.8, 4) is 5.82 Å². The minimum absolute atomic E-state index is 0.257. The predicted molar refractivity (Wildman–Crippen MR) is 67.8 cm³/mol. The van der Waals surface area contributed by atoms with Crippen LogP contribution in [0.4, 0.5) is 5.82 Å². The molecule has 0 aliphatic heterocycles. The first kappa shape index (κ1) is 11.9. The molecule has 0 amide bonds. The smallest absolute Gasteiger partial charge is 0.159 e. The molecule has 0 unspecified atom stereocenters. The molecule has 2 rings (SSSR count). The van der Waals surface area contributed by atoms with Gasteiger partial charge >= 0.3 is 0 Å². The van der Waals surface area contributed by atoms with Crippen molar-refractivity contribution >= 4 is 17.4 Å². The van der Waals surface area contributed by atoms with Gasteiger partial charge in [-0.25, -0.2) is 14.6 Å². The van der Waals surface area contributed by atoms with Gasteiger partial charge in [0.05, 0.1) is 17.4 Å². The zero-order chi connectivity index (χ0) is 12.4. The lowest BCUT2D eigenvalue weighted by molar-refractivity contribution is 0.747. The van der Waals surface area contributed by atoms with Crippen molar-refractivity contribution in [2.24, 2.45) is 0 Å². The van der Waals surface area contributed by atoms with Crippen LogP contribution in [0.5, 0.6) is 0 Å². The van der Waals surface area contributed by atoms with Gasteiger partial charge in [0, 0.05) is 19.0 Å². The average molecular weight is 252 g/mol. The molecule has 6 heteroatoms. The Hall–Kier alpha value is -1.62. The second-order valence-electron chi connectivity index (χ2n) is 3.98. The van der Waals surface area contributed by atoms with E-state index in [2.05, 4.69) is 34.2 Å². The van der Waals surface area contributed by atoms with E-state index in [9.17, 15) is 0 Å². The van der Waals surface area contributed by atoms with Crippen LogP contribution in [0.3, 0.4) is 0 Å². The van der Waals surface area contributed by atoms with E-state index in [0.717, 1.165) is 11.6 Å². The Bertz CT molecular complexity index is 520. The third kappa shape index (κ3) is 2.55. The van der Waals surface area contributed by atoms with Crippen molar-refractivity contribution in [3.63, 3.8) is 0 Å². The standard InChI is InChI=1S/C11H14ClN5/c1-7(2)11-15-9(13-3)4-10(16-11)17-6-8(12)5-14-17/h4-7H,1-3H3,(H,13,15,16). The largest absolute Gasteiger partial charge is 0.373 e. The number of hydrogen-bond donors (Lipinski definition) is 1. The molecule has 0 saturated carbocycles. The minimum Gasteiger partial charge on any atom is -0.373 e. The second kappa shape index (κ2) is 4.71. The van der Waals surface area contributed by atoms with Crippen LogP contribution >= 0.6 is 11.6 Å². The number of rotatable bonds is 3. The molecule has 0 atom stereocenters. The van der Waals surface area contributed by atoms with Gasteiger partial charge in [-0.2, -0.15) is 5.10 Å². The molecular weight excluding hydrogens is 238 g/mol. The fraction of sp³-hybridized carbons (Fsp3) is 0.364. The second-order valence-corrected chi connectivity index (χ2v) is 4.41. The predicted octanol–water partition coefficient (Wildman–Crippen LogP) is 2.48. The van der Waals surface area contributed by atoms with Gasteiger partial charge in [0.1, 0.15) is 11.6 Å². The van der Waals surface area contributed by atoms with E-state index < -0.39 is 0 Å². The highest BCUT2D eigenvalue weighted by atomic mass is 35.5. The Kier molecular flexibility index (Phi) is 3.28. The van der Waals surface area contributed by atoms with Crippen molar-refractivity contribution < 1.29 is 0 Å². The van der Waals surface area contributed by atoms with Gasteiger partial charge in [-0.3, -0.25) is 0 Å². The molecule has 1 N–H and O–H groups in total. The maximum absolute atomic E-state index is 5.84. The Morgan fingerprint density at radius 1 is 1.35 bits per heavy atom. The van der Waals surface area contributed by atoms with Gasteiger partial charge < -0.3 is 5.32 Å². The number of aromatic nitrogens is 4. The van der Waals surface area contributed by atoms with Gasteiger partial charge in [0.25, 0.3) is 0 Å². The average Bonchev–Trinajstić information content (AvgIpc) is 2.75. The van der Waals surface area contributed by atoms with Crippen LogP contribution in [0, 0.1) is 0 Å². The van der Waals surface area contributed by atoms with Gasteiger partial charge in [0.2, 0.25) is 0 Å². The number of nitrogens with one attached hydrogen (secondary N) is 1. The summed E-state index contributed by atoms with van der Waals surface area (Å²) in [5.74, 6) is 2.51. The number of hydrogen-bond acceptors (Lipinski definition) is 4. The molecule has 0 aliphatic rings. The Labute approximate surface area is 105 Å². The summed E-state index contributed by atoms with van der Waals surface area (Å²) in [5.41, 5.74) is 0. The van der Waals surface area contributed by atoms with E-state index in [1.165, 1.54) is 0 Å². The van der Waals surface area contributed by atoms with Crippen molar-refractivity contribution in [2.75, 3.05) is 12.4 Å². The third-order valence-electron chi connectivity index (χ3n) is 2.29. The van der Waals surface area contributed by atoms with Crippen molar-refractivity contribution in [1.29, 1.82) is 0 Å². The monoisotopic (exact) mass is 251 g/mol. The van der Waals surface area contributed by atoms with Gasteiger partial charge in [-0.05, 0) is 0 Å². The van der Waals surface area contributed by atoms with Crippen molar-refractivity contribution in [2.45, 2.75) is 19.8 Å². The lowest BCUT2D eigenvalue weighted by Gasteiger charge is -2.09. The summed E-state index contributed by atoms with van der Waals surface area (Å²) >= 11 is 5.84. The molecule has 5 nitrogen and oxygen atoms in total. The molecule has 17 heavy (non-hydrogen) atoms. The molecule has 0 spiro atoms. The molecule has 2 aromatic rings. The van der Waals surface area contributed by atoms with Crippen LogP contribution in [0.15, 0.2) is 18.5 Å². The first-order valence-corrected chi connectivity index (χ1v) is 5.75. The van der Waals surface area contributed by atoms with Crippen molar-refractivity contribution in [3.05, 3.63) is 29.3 Å². The summed E-state index contributed by atoms with van der Waals surface area (Å²) in [6, 6.07) is 1.83. The normalized spacial score (nSPS) is 10.9. The first-order chi connectivity index (χ1) is 8.10. The quantitative estimate of drug-likeness (QED) is 0.911. The van der Waals surface area contributed by atoms with Crippen LogP contribution in [-0.2, 0) is 0 Å². The summed E-state index contributed by atoms with van der Waals surface area (Å²) in [6.45, 7) is 4.10. The third-order valence-corrected chi connectivity index (χ3v) is 2.48. The summed E-state index contributed by atoms with van der Waals surface area (Å²) in [6.07, 6.45) is 3.30. The summed E-state index contributed by atoms with van der Waals surface area (Å²) in [5, 5.41) is 7.73. The van der Waals surface area contributed by atoms with E-state index in [-0.39, 0.29) is 5.92 Å². The van der Waals surface area contributed by atoms with Crippen LogP contribution < -0.4 is 5.32 Å². The molecule has 2 aromatic heterocycles. The number of anilines is 1. The lowest BCUT2D eigenvalue weighted by atomic mass is 10.2. The zero-order valence-corrected chi connectivity index (χ0v) is 10.7. The van der Waals surface area contributed by atoms with Gasteiger partial charge in [-0.15, -0.1) is 0 Å².